The Hall–Kier alpha value is -2.15. The molecule has 0 saturated heterocycles. The Bertz CT molecular complexity index is 639. The molecule has 3 rings (SSSR count). The maximum Gasteiger partial charge on any atom is 0.231 e. The average molecular weight is 392 g/mol. The molecule has 7 heteroatoms. The van der Waals surface area contributed by atoms with Gasteiger partial charge in [-0.25, -0.2) is 0 Å². The van der Waals surface area contributed by atoms with Gasteiger partial charge in [0, 0.05) is 25.8 Å². The summed E-state index contributed by atoms with van der Waals surface area (Å²) in [6.45, 7) is 5.29. The largest absolute Gasteiger partial charge is 0.492 e. The van der Waals surface area contributed by atoms with Gasteiger partial charge in [-0.15, -0.1) is 0 Å². The molecule has 0 bridgehead atoms. The first-order valence-electron chi connectivity index (χ1n) is 10.4. The first kappa shape index (κ1) is 20.6. The SMILES string of the molecule is CCNC(=NCC1(CCO)CCCCC1)NCCOc1ccc2c(c1)OCO2. The fourth-order valence-corrected chi connectivity index (χ4v) is 3.92. The lowest BCUT2D eigenvalue weighted by molar-refractivity contribution is 0.137. The van der Waals surface area contributed by atoms with Crippen LogP contribution in [0.2, 0.25) is 0 Å². The number of guanidine groups is 1. The van der Waals surface area contributed by atoms with E-state index in [0.717, 1.165) is 55.6 Å². The highest BCUT2D eigenvalue weighted by atomic mass is 16.7. The lowest BCUT2D eigenvalue weighted by atomic mass is 9.72. The molecule has 7 nitrogen and oxygen atoms in total. The van der Waals surface area contributed by atoms with Crippen molar-refractivity contribution in [2.45, 2.75) is 45.4 Å². The van der Waals surface area contributed by atoms with Crippen LogP contribution in [0.1, 0.15) is 45.4 Å². The first-order valence-corrected chi connectivity index (χ1v) is 10.4. The van der Waals surface area contributed by atoms with Gasteiger partial charge in [-0.2, -0.15) is 0 Å². The molecular formula is C21H33N3O4. The summed E-state index contributed by atoms with van der Waals surface area (Å²) in [5.41, 5.74) is 0.151. The second-order valence-corrected chi connectivity index (χ2v) is 7.52. The minimum Gasteiger partial charge on any atom is -0.492 e. The molecule has 2 aliphatic rings. The standard InChI is InChI=1S/C21H33N3O4/c1-2-22-20(24-15-21(10-12-25)8-4-3-5-9-21)23-11-13-26-17-6-7-18-19(14-17)28-16-27-18/h6-7,14,25H,2-5,8-13,15-16H2,1H3,(H2,22,23,24). The molecule has 1 aromatic carbocycles. The van der Waals surface area contributed by atoms with Crippen LogP contribution in [-0.4, -0.2) is 50.7 Å². The Kier molecular flexibility index (Phi) is 7.65. The zero-order valence-corrected chi connectivity index (χ0v) is 16.8. The number of fused-ring (bicyclic) bond motifs is 1. The average Bonchev–Trinajstić information content (AvgIpc) is 3.18. The number of nitrogens with zero attached hydrogens (tertiary/aromatic N) is 1. The van der Waals surface area contributed by atoms with E-state index in [0.29, 0.717) is 13.2 Å². The van der Waals surface area contributed by atoms with Crippen LogP contribution in [0.25, 0.3) is 0 Å². The lowest BCUT2D eigenvalue weighted by Gasteiger charge is -2.35. The van der Waals surface area contributed by atoms with Gasteiger partial charge in [-0.1, -0.05) is 19.3 Å². The number of aliphatic hydroxyl groups excluding tert-OH is 1. The summed E-state index contributed by atoms with van der Waals surface area (Å²) in [4.78, 5) is 4.81. The van der Waals surface area contributed by atoms with E-state index in [9.17, 15) is 5.11 Å². The van der Waals surface area contributed by atoms with E-state index in [4.69, 9.17) is 19.2 Å². The smallest absolute Gasteiger partial charge is 0.231 e. The van der Waals surface area contributed by atoms with Gasteiger partial charge >= 0.3 is 0 Å². The Morgan fingerprint density at radius 3 is 2.79 bits per heavy atom. The lowest BCUT2D eigenvalue weighted by Crippen LogP contribution is -2.40. The van der Waals surface area contributed by atoms with Crippen LogP contribution in [0.3, 0.4) is 0 Å². The normalized spacial score (nSPS) is 18.0. The Morgan fingerprint density at radius 2 is 2.00 bits per heavy atom. The highest BCUT2D eigenvalue weighted by Gasteiger charge is 2.31. The number of aliphatic imine (C=N–C) groups is 1. The molecule has 156 valence electrons. The van der Waals surface area contributed by atoms with Crippen LogP contribution < -0.4 is 24.8 Å². The van der Waals surface area contributed by atoms with E-state index in [-0.39, 0.29) is 18.8 Å². The molecule has 28 heavy (non-hydrogen) atoms. The van der Waals surface area contributed by atoms with Crippen molar-refractivity contribution >= 4 is 5.96 Å². The molecular weight excluding hydrogens is 358 g/mol. The fourth-order valence-electron chi connectivity index (χ4n) is 3.92. The van der Waals surface area contributed by atoms with E-state index in [1.54, 1.807) is 0 Å². The van der Waals surface area contributed by atoms with E-state index >= 15 is 0 Å². The van der Waals surface area contributed by atoms with Crippen LogP contribution in [-0.2, 0) is 0 Å². The summed E-state index contributed by atoms with van der Waals surface area (Å²) in [5, 5.41) is 16.1. The molecule has 1 aromatic rings. The Labute approximate surface area is 167 Å². The molecule has 0 amide bonds. The highest BCUT2D eigenvalue weighted by molar-refractivity contribution is 5.79. The van der Waals surface area contributed by atoms with Crippen LogP contribution in [0.15, 0.2) is 23.2 Å². The van der Waals surface area contributed by atoms with E-state index in [1.165, 1.54) is 19.3 Å². The van der Waals surface area contributed by atoms with Gasteiger partial charge in [-0.05, 0) is 43.7 Å². The predicted molar refractivity (Wildman–Crippen MR) is 109 cm³/mol. The molecule has 0 aromatic heterocycles. The fraction of sp³-hybridized carbons (Fsp3) is 0.667. The van der Waals surface area contributed by atoms with Crippen LogP contribution >= 0.6 is 0 Å². The number of aliphatic hydroxyl groups is 1. The van der Waals surface area contributed by atoms with E-state index in [2.05, 4.69) is 17.6 Å². The zero-order valence-electron chi connectivity index (χ0n) is 16.8. The summed E-state index contributed by atoms with van der Waals surface area (Å²) in [6, 6.07) is 5.60. The van der Waals surface area contributed by atoms with Crippen molar-refractivity contribution in [1.29, 1.82) is 0 Å². The van der Waals surface area contributed by atoms with Crippen LogP contribution in [0.4, 0.5) is 0 Å². The molecule has 1 heterocycles. The van der Waals surface area contributed by atoms with Gasteiger partial charge in [0.2, 0.25) is 6.79 Å². The van der Waals surface area contributed by atoms with Crippen molar-refractivity contribution in [2.24, 2.45) is 10.4 Å². The van der Waals surface area contributed by atoms with Crippen molar-refractivity contribution in [3.05, 3.63) is 18.2 Å². The van der Waals surface area contributed by atoms with E-state index in [1.807, 2.05) is 18.2 Å². The van der Waals surface area contributed by atoms with Crippen LogP contribution in [0, 0.1) is 5.41 Å². The molecule has 0 radical (unpaired) electrons. The third-order valence-corrected chi connectivity index (χ3v) is 5.48. The third-order valence-electron chi connectivity index (χ3n) is 5.48. The van der Waals surface area contributed by atoms with Crippen molar-refractivity contribution in [3.8, 4) is 17.2 Å². The summed E-state index contributed by atoms with van der Waals surface area (Å²) in [6.07, 6.45) is 6.93. The van der Waals surface area contributed by atoms with Gasteiger partial charge in [0.05, 0.1) is 6.54 Å². The van der Waals surface area contributed by atoms with Gasteiger partial charge in [-0.3, -0.25) is 4.99 Å². The summed E-state index contributed by atoms with van der Waals surface area (Å²) in [5.74, 6) is 3.05. The van der Waals surface area contributed by atoms with Gasteiger partial charge in [0.25, 0.3) is 0 Å². The van der Waals surface area contributed by atoms with Gasteiger partial charge < -0.3 is 30.0 Å². The third kappa shape index (κ3) is 5.67. The topological polar surface area (TPSA) is 84.3 Å². The Balaban J connectivity index is 1.47. The zero-order chi connectivity index (χ0) is 19.7. The molecule has 0 spiro atoms. The molecule has 1 fully saturated rings. The van der Waals surface area contributed by atoms with Crippen molar-refractivity contribution in [1.82, 2.24) is 10.6 Å². The maximum atomic E-state index is 9.48. The minimum absolute atomic E-state index is 0.151. The van der Waals surface area contributed by atoms with Crippen molar-refractivity contribution < 1.29 is 19.3 Å². The summed E-state index contributed by atoms with van der Waals surface area (Å²) in [7, 11) is 0. The first-order chi connectivity index (χ1) is 13.7. The number of rotatable bonds is 9. The molecule has 1 saturated carbocycles. The second kappa shape index (κ2) is 10.4. The van der Waals surface area contributed by atoms with E-state index < -0.39 is 0 Å². The molecule has 0 atom stereocenters. The summed E-state index contributed by atoms with van der Waals surface area (Å²) >= 11 is 0. The maximum absolute atomic E-state index is 9.48. The Morgan fingerprint density at radius 1 is 1.18 bits per heavy atom. The second-order valence-electron chi connectivity index (χ2n) is 7.52. The van der Waals surface area contributed by atoms with Crippen molar-refractivity contribution in [3.63, 3.8) is 0 Å². The van der Waals surface area contributed by atoms with Gasteiger partial charge in [0.1, 0.15) is 12.4 Å². The minimum atomic E-state index is 0.151. The highest BCUT2D eigenvalue weighted by Crippen LogP contribution is 2.39. The predicted octanol–water partition coefficient (Wildman–Crippen LogP) is 2.68. The van der Waals surface area contributed by atoms with Crippen LogP contribution in [0.5, 0.6) is 17.2 Å². The van der Waals surface area contributed by atoms with Gasteiger partial charge in [0.15, 0.2) is 17.5 Å². The quantitative estimate of drug-likeness (QED) is 0.341. The number of benzene rings is 1. The molecule has 3 N–H and O–H groups in total. The summed E-state index contributed by atoms with van der Waals surface area (Å²) < 4.78 is 16.5. The molecule has 1 aliphatic heterocycles. The number of hydrogen-bond acceptors (Lipinski definition) is 5. The number of nitrogens with one attached hydrogen (secondary N) is 2. The number of hydrogen-bond donors (Lipinski definition) is 3. The molecule has 0 unspecified atom stereocenters. The number of ether oxygens (including phenoxy) is 3. The molecule has 1 aliphatic carbocycles. The monoisotopic (exact) mass is 391 g/mol. The van der Waals surface area contributed by atoms with Crippen molar-refractivity contribution in [2.75, 3.05) is 39.6 Å².